The van der Waals surface area contributed by atoms with E-state index in [4.69, 9.17) is 0 Å². The van der Waals surface area contributed by atoms with Crippen molar-refractivity contribution < 1.29 is 19.1 Å². The Morgan fingerprint density at radius 3 is 2.36 bits per heavy atom. The molecule has 25 heavy (non-hydrogen) atoms. The summed E-state index contributed by atoms with van der Waals surface area (Å²) in [5.41, 5.74) is 0.420. The molecule has 0 unspecified atom stereocenters. The van der Waals surface area contributed by atoms with Crippen LogP contribution in [0.3, 0.4) is 0 Å². The van der Waals surface area contributed by atoms with Gasteiger partial charge in [-0.3, -0.25) is 9.59 Å². The lowest BCUT2D eigenvalue weighted by molar-refractivity contribution is 0.0929. The molecule has 0 aliphatic carbocycles. The fraction of sp³-hybridized carbons (Fsp3) is 0.111. The number of carbonyl (C=O) groups is 2. The summed E-state index contributed by atoms with van der Waals surface area (Å²) in [6.45, 7) is 0.504. The summed E-state index contributed by atoms with van der Waals surface area (Å²) in [5.74, 6) is -0.866. The van der Waals surface area contributed by atoms with Gasteiger partial charge < -0.3 is 15.7 Å². The van der Waals surface area contributed by atoms with Crippen LogP contribution in [0.25, 0.3) is 10.1 Å². The summed E-state index contributed by atoms with van der Waals surface area (Å²) in [6, 6.07) is 12.1. The van der Waals surface area contributed by atoms with Crippen LogP contribution in [0.2, 0.25) is 0 Å². The van der Waals surface area contributed by atoms with E-state index in [-0.39, 0.29) is 36.5 Å². The number of phenolic OH excluding ortho intramolecular Hbond substituents is 1. The first-order chi connectivity index (χ1) is 12.0. The lowest BCUT2D eigenvalue weighted by Gasteiger charge is -2.06. The zero-order chi connectivity index (χ0) is 17.8. The molecule has 0 saturated heterocycles. The average Bonchev–Trinajstić information content (AvgIpc) is 3.05. The standard InChI is InChI=1S/C18H15FN2O3S/c19-14-2-1-3-15-13(14)10-16(25-15)18(24)21-9-8-20-17(23)11-4-6-12(22)7-5-11/h1-7,10,22H,8-9H2,(H,20,23)(H,21,24). The van der Waals surface area contributed by atoms with Crippen LogP contribution in [0.5, 0.6) is 5.75 Å². The molecular formula is C18H15FN2O3S. The predicted octanol–water partition coefficient (Wildman–Crippen LogP) is 2.91. The Balaban J connectivity index is 1.51. The SMILES string of the molecule is O=C(NCCNC(=O)c1cc2c(F)cccc2s1)c1ccc(O)cc1. The highest BCUT2D eigenvalue weighted by Crippen LogP contribution is 2.27. The molecule has 3 rings (SSSR count). The van der Waals surface area contributed by atoms with E-state index in [1.54, 1.807) is 12.1 Å². The third-order valence-corrected chi connectivity index (χ3v) is 4.66. The molecule has 2 amide bonds. The number of amides is 2. The second-order valence-corrected chi connectivity index (χ2v) is 6.40. The molecular weight excluding hydrogens is 343 g/mol. The fourth-order valence-electron chi connectivity index (χ4n) is 2.29. The van der Waals surface area contributed by atoms with Crippen molar-refractivity contribution in [2.45, 2.75) is 0 Å². The minimum Gasteiger partial charge on any atom is -0.508 e. The maximum absolute atomic E-state index is 13.7. The van der Waals surface area contributed by atoms with Gasteiger partial charge in [-0.05, 0) is 42.5 Å². The number of rotatable bonds is 5. The Morgan fingerprint density at radius 2 is 1.68 bits per heavy atom. The number of hydrogen-bond donors (Lipinski definition) is 3. The highest BCUT2D eigenvalue weighted by Gasteiger charge is 2.12. The maximum atomic E-state index is 13.7. The molecule has 3 N–H and O–H groups in total. The zero-order valence-corrected chi connectivity index (χ0v) is 13.9. The van der Waals surface area contributed by atoms with Crippen LogP contribution in [0, 0.1) is 5.82 Å². The van der Waals surface area contributed by atoms with Gasteiger partial charge in [0.15, 0.2) is 0 Å². The minimum atomic E-state index is -0.353. The van der Waals surface area contributed by atoms with Crippen molar-refractivity contribution in [3.8, 4) is 5.75 Å². The molecule has 0 atom stereocenters. The molecule has 0 aliphatic rings. The molecule has 2 aromatic carbocycles. The first-order valence-electron chi connectivity index (χ1n) is 7.58. The van der Waals surface area contributed by atoms with Crippen molar-refractivity contribution in [1.82, 2.24) is 10.6 Å². The van der Waals surface area contributed by atoms with E-state index >= 15 is 0 Å². The summed E-state index contributed by atoms with van der Waals surface area (Å²) in [6.07, 6.45) is 0. The lowest BCUT2D eigenvalue weighted by atomic mass is 10.2. The van der Waals surface area contributed by atoms with Gasteiger partial charge in [0.1, 0.15) is 11.6 Å². The molecule has 0 bridgehead atoms. The predicted molar refractivity (Wildman–Crippen MR) is 94.6 cm³/mol. The smallest absolute Gasteiger partial charge is 0.261 e. The van der Waals surface area contributed by atoms with Gasteiger partial charge in [0, 0.05) is 28.7 Å². The zero-order valence-electron chi connectivity index (χ0n) is 13.1. The number of halogens is 1. The van der Waals surface area contributed by atoms with Gasteiger partial charge in [-0.1, -0.05) is 6.07 Å². The first-order valence-corrected chi connectivity index (χ1v) is 8.40. The van der Waals surface area contributed by atoms with Crippen molar-refractivity contribution in [3.63, 3.8) is 0 Å². The number of nitrogens with one attached hydrogen (secondary N) is 2. The van der Waals surface area contributed by atoms with Crippen LogP contribution in [0.4, 0.5) is 4.39 Å². The monoisotopic (exact) mass is 358 g/mol. The van der Waals surface area contributed by atoms with Crippen molar-refractivity contribution in [1.29, 1.82) is 0 Å². The summed E-state index contributed by atoms with van der Waals surface area (Å²) >= 11 is 1.22. The van der Waals surface area contributed by atoms with Gasteiger partial charge in [-0.15, -0.1) is 11.3 Å². The van der Waals surface area contributed by atoms with Crippen LogP contribution in [-0.2, 0) is 0 Å². The largest absolute Gasteiger partial charge is 0.508 e. The van der Waals surface area contributed by atoms with E-state index in [1.165, 1.54) is 47.7 Å². The van der Waals surface area contributed by atoms with Crippen LogP contribution in [0.15, 0.2) is 48.5 Å². The Kier molecular flexibility index (Phi) is 4.95. The van der Waals surface area contributed by atoms with E-state index < -0.39 is 0 Å². The third-order valence-electron chi connectivity index (χ3n) is 3.56. The van der Waals surface area contributed by atoms with E-state index in [0.717, 1.165) is 0 Å². The maximum Gasteiger partial charge on any atom is 0.261 e. The number of thiophene rings is 1. The third kappa shape index (κ3) is 3.95. The van der Waals surface area contributed by atoms with E-state index in [9.17, 15) is 19.1 Å². The molecule has 3 aromatic rings. The first kappa shape index (κ1) is 16.9. The summed E-state index contributed by atoms with van der Waals surface area (Å²) in [5, 5.41) is 15.0. The van der Waals surface area contributed by atoms with Crippen molar-refractivity contribution in [3.05, 3.63) is 64.8 Å². The van der Waals surface area contributed by atoms with Crippen LogP contribution in [0.1, 0.15) is 20.0 Å². The quantitative estimate of drug-likeness (QED) is 0.614. The molecule has 1 aromatic heterocycles. The van der Waals surface area contributed by atoms with Gasteiger partial charge in [-0.25, -0.2) is 4.39 Å². The summed E-state index contributed by atoms with van der Waals surface area (Å²) in [4.78, 5) is 24.4. The van der Waals surface area contributed by atoms with Gasteiger partial charge in [0.2, 0.25) is 0 Å². The normalized spacial score (nSPS) is 10.6. The number of carbonyl (C=O) groups excluding carboxylic acids is 2. The average molecular weight is 358 g/mol. The van der Waals surface area contributed by atoms with E-state index in [0.29, 0.717) is 20.5 Å². The molecule has 1 heterocycles. The number of benzene rings is 2. The van der Waals surface area contributed by atoms with Crippen molar-refractivity contribution in [2.75, 3.05) is 13.1 Å². The molecule has 0 fully saturated rings. The molecule has 128 valence electrons. The fourth-order valence-corrected chi connectivity index (χ4v) is 3.28. The molecule has 0 spiro atoms. The Morgan fingerprint density at radius 1 is 1.00 bits per heavy atom. The van der Waals surface area contributed by atoms with Crippen molar-refractivity contribution in [2.24, 2.45) is 0 Å². The lowest BCUT2D eigenvalue weighted by Crippen LogP contribution is -2.34. The van der Waals surface area contributed by atoms with Gasteiger partial charge in [-0.2, -0.15) is 0 Å². The summed E-state index contributed by atoms with van der Waals surface area (Å²) in [7, 11) is 0. The van der Waals surface area contributed by atoms with E-state index in [1.807, 2.05) is 0 Å². The Hall–Kier alpha value is -2.93. The highest BCUT2D eigenvalue weighted by molar-refractivity contribution is 7.20. The van der Waals surface area contributed by atoms with Gasteiger partial charge in [0.25, 0.3) is 11.8 Å². The molecule has 0 saturated carbocycles. The Bertz CT molecular complexity index is 922. The highest BCUT2D eigenvalue weighted by atomic mass is 32.1. The molecule has 5 nitrogen and oxygen atoms in total. The summed E-state index contributed by atoms with van der Waals surface area (Å²) < 4.78 is 14.4. The Labute approximate surface area is 147 Å². The molecule has 7 heteroatoms. The number of hydrogen-bond acceptors (Lipinski definition) is 4. The number of phenols is 1. The number of fused-ring (bicyclic) bond motifs is 1. The van der Waals surface area contributed by atoms with Crippen LogP contribution >= 0.6 is 11.3 Å². The van der Waals surface area contributed by atoms with E-state index in [2.05, 4.69) is 10.6 Å². The van der Waals surface area contributed by atoms with Crippen LogP contribution < -0.4 is 10.6 Å². The molecule has 0 radical (unpaired) electrons. The topological polar surface area (TPSA) is 78.4 Å². The minimum absolute atomic E-state index is 0.0867. The second kappa shape index (κ2) is 7.31. The second-order valence-electron chi connectivity index (χ2n) is 5.32. The van der Waals surface area contributed by atoms with Crippen LogP contribution in [-0.4, -0.2) is 30.0 Å². The van der Waals surface area contributed by atoms with Crippen molar-refractivity contribution >= 4 is 33.2 Å². The number of aromatic hydroxyl groups is 1. The van der Waals surface area contributed by atoms with Gasteiger partial charge in [0.05, 0.1) is 4.88 Å². The van der Waals surface area contributed by atoms with Gasteiger partial charge >= 0.3 is 0 Å². The molecule has 0 aliphatic heterocycles.